The van der Waals surface area contributed by atoms with E-state index >= 15 is 0 Å². The first-order valence-corrected chi connectivity index (χ1v) is 9.30. The summed E-state index contributed by atoms with van der Waals surface area (Å²) in [5, 5.41) is 10.3. The Morgan fingerprint density at radius 1 is 1.19 bits per heavy atom. The molecule has 1 aromatic carbocycles. The molecule has 0 aromatic heterocycles. The monoisotopic (exact) mass is 380 g/mol. The summed E-state index contributed by atoms with van der Waals surface area (Å²) >= 11 is 0. The molecule has 6 nitrogen and oxygen atoms in total. The molecule has 1 aromatic rings. The number of ether oxygens (including phenoxy) is 4. The Labute approximate surface area is 161 Å². The molecule has 27 heavy (non-hydrogen) atoms. The van der Waals surface area contributed by atoms with Crippen LogP contribution in [-0.4, -0.2) is 37.6 Å². The molecule has 1 aliphatic heterocycles. The number of benzene rings is 1. The van der Waals surface area contributed by atoms with Gasteiger partial charge in [-0.2, -0.15) is 0 Å². The highest BCUT2D eigenvalue weighted by Gasteiger charge is 2.34. The van der Waals surface area contributed by atoms with Gasteiger partial charge in [0.25, 0.3) is 0 Å². The van der Waals surface area contributed by atoms with Gasteiger partial charge in [-0.1, -0.05) is 46.8 Å². The van der Waals surface area contributed by atoms with Gasteiger partial charge >= 0.3 is 5.97 Å². The topological polar surface area (TPSA) is 74.2 Å². The van der Waals surface area contributed by atoms with Crippen molar-refractivity contribution >= 4 is 5.97 Å². The van der Waals surface area contributed by atoms with Gasteiger partial charge in [-0.3, -0.25) is 4.79 Å². The number of hydrogen-bond acceptors (Lipinski definition) is 6. The largest absolute Gasteiger partial charge is 0.507 e. The fraction of sp³-hybridized carbons (Fsp3) is 0.667. The number of esters is 1. The van der Waals surface area contributed by atoms with Crippen LogP contribution in [-0.2, 0) is 35.6 Å². The first kappa shape index (κ1) is 21.7. The van der Waals surface area contributed by atoms with Crippen LogP contribution in [0.5, 0.6) is 5.75 Å². The lowest BCUT2D eigenvalue weighted by Gasteiger charge is -2.35. The number of carbonyl (C=O) groups is 1. The zero-order chi connectivity index (χ0) is 20.2. The summed E-state index contributed by atoms with van der Waals surface area (Å²) in [6, 6.07) is 3.90. The molecule has 1 N–H and O–H groups in total. The van der Waals surface area contributed by atoms with Crippen molar-refractivity contribution in [2.45, 2.75) is 66.1 Å². The van der Waals surface area contributed by atoms with E-state index in [2.05, 4.69) is 20.8 Å². The fourth-order valence-electron chi connectivity index (χ4n) is 2.98. The molecule has 1 saturated heterocycles. The highest BCUT2D eigenvalue weighted by molar-refractivity contribution is 5.69. The van der Waals surface area contributed by atoms with Gasteiger partial charge in [0, 0.05) is 6.42 Å². The van der Waals surface area contributed by atoms with Crippen molar-refractivity contribution in [2.24, 2.45) is 5.41 Å². The van der Waals surface area contributed by atoms with Crippen molar-refractivity contribution < 1.29 is 28.8 Å². The van der Waals surface area contributed by atoms with Crippen molar-refractivity contribution in [3.63, 3.8) is 0 Å². The molecule has 1 fully saturated rings. The highest BCUT2D eigenvalue weighted by Crippen LogP contribution is 2.34. The Hall–Kier alpha value is -1.63. The summed E-state index contributed by atoms with van der Waals surface area (Å²) in [6.07, 6.45) is 0.376. The van der Waals surface area contributed by atoms with Crippen LogP contribution in [0.2, 0.25) is 0 Å². The molecule has 0 amide bonds. The van der Waals surface area contributed by atoms with Crippen LogP contribution in [0.25, 0.3) is 0 Å². The lowest BCUT2D eigenvalue weighted by atomic mass is 9.83. The molecular formula is C21H32O6. The van der Waals surface area contributed by atoms with E-state index in [0.29, 0.717) is 12.2 Å². The van der Waals surface area contributed by atoms with E-state index in [1.54, 1.807) is 0 Å². The molecule has 0 atom stereocenters. The van der Waals surface area contributed by atoms with E-state index < -0.39 is 11.7 Å². The average molecular weight is 380 g/mol. The lowest BCUT2D eigenvalue weighted by Crippen LogP contribution is -2.42. The first-order valence-electron chi connectivity index (χ1n) is 9.30. The molecule has 0 radical (unpaired) electrons. The predicted octanol–water partition coefficient (Wildman–Crippen LogP) is 3.80. The molecular weight excluding hydrogens is 348 g/mol. The minimum Gasteiger partial charge on any atom is -0.507 e. The normalized spacial score (nSPS) is 16.4. The molecule has 2 rings (SSSR count). The third-order valence-corrected chi connectivity index (χ3v) is 4.63. The van der Waals surface area contributed by atoms with E-state index in [4.69, 9.17) is 18.9 Å². The maximum atomic E-state index is 12.2. The molecule has 152 valence electrons. The fourth-order valence-corrected chi connectivity index (χ4v) is 2.98. The maximum absolute atomic E-state index is 12.2. The number of phenols is 1. The second-order valence-electron chi connectivity index (χ2n) is 8.81. The number of hydrogen-bond donors (Lipinski definition) is 1. The van der Waals surface area contributed by atoms with Gasteiger partial charge in [-0.15, -0.1) is 0 Å². The van der Waals surface area contributed by atoms with Crippen LogP contribution in [0.1, 0.15) is 57.7 Å². The first-order chi connectivity index (χ1) is 12.5. The van der Waals surface area contributed by atoms with Crippen LogP contribution in [0, 0.1) is 12.3 Å². The zero-order valence-corrected chi connectivity index (χ0v) is 17.3. The Kier molecular flexibility index (Phi) is 6.89. The van der Waals surface area contributed by atoms with E-state index in [1.807, 2.05) is 32.9 Å². The SMILES string of the molecule is Cc1cc(CCC(=O)OCC(C)(C)C2OCOCO2)cc(C(C)(C)C)c1O. The van der Waals surface area contributed by atoms with Crippen molar-refractivity contribution in [1.82, 2.24) is 0 Å². The molecule has 6 heteroatoms. The van der Waals surface area contributed by atoms with Gasteiger partial charge < -0.3 is 24.1 Å². The van der Waals surface area contributed by atoms with Crippen LogP contribution < -0.4 is 0 Å². The molecule has 1 aliphatic rings. The van der Waals surface area contributed by atoms with E-state index in [1.165, 1.54) is 0 Å². The molecule has 0 bridgehead atoms. The summed E-state index contributed by atoms with van der Waals surface area (Å²) < 4.78 is 21.3. The third kappa shape index (κ3) is 5.92. The molecule has 0 spiro atoms. The number of aromatic hydroxyl groups is 1. The maximum Gasteiger partial charge on any atom is 0.306 e. The predicted molar refractivity (Wildman–Crippen MR) is 101 cm³/mol. The van der Waals surface area contributed by atoms with Gasteiger partial charge in [-0.25, -0.2) is 0 Å². The number of phenolic OH excluding ortho intramolecular Hbond substituents is 1. The molecule has 0 unspecified atom stereocenters. The quantitative estimate of drug-likeness (QED) is 0.757. The Balaban J connectivity index is 1.91. The Morgan fingerprint density at radius 2 is 1.81 bits per heavy atom. The summed E-state index contributed by atoms with van der Waals surface area (Å²) in [6.45, 7) is 12.5. The Bertz CT molecular complexity index is 653. The molecule has 1 heterocycles. The minimum atomic E-state index is -0.465. The lowest BCUT2D eigenvalue weighted by molar-refractivity contribution is -0.331. The van der Waals surface area contributed by atoms with Crippen LogP contribution >= 0.6 is 0 Å². The smallest absolute Gasteiger partial charge is 0.306 e. The van der Waals surface area contributed by atoms with Crippen molar-refractivity contribution in [2.75, 3.05) is 20.2 Å². The highest BCUT2D eigenvalue weighted by atomic mass is 16.8. The van der Waals surface area contributed by atoms with E-state index in [0.717, 1.165) is 16.7 Å². The number of carbonyl (C=O) groups excluding carboxylic acids is 1. The standard InChI is InChI=1S/C21H32O6/c1-14-9-15(10-16(18(14)23)20(2,3)4)7-8-17(22)25-11-21(5,6)19-26-12-24-13-27-19/h9-10,19,23H,7-8,11-13H2,1-6H3. The summed E-state index contributed by atoms with van der Waals surface area (Å²) in [4.78, 5) is 12.2. The summed E-state index contributed by atoms with van der Waals surface area (Å²) in [5.74, 6) is 0.0604. The molecule has 0 saturated carbocycles. The minimum absolute atomic E-state index is 0.168. The van der Waals surface area contributed by atoms with Crippen molar-refractivity contribution in [3.05, 3.63) is 28.8 Å². The average Bonchev–Trinajstić information content (AvgIpc) is 2.60. The van der Waals surface area contributed by atoms with Gasteiger partial charge in [0.1, 0.15) is 12.4 Å². The Morgan fingerprint density at radius 3 is 2.41 bits per heavy atom. The van der Waals surface area contributed by atoms with E-state index in [9.17, 15) is 9.90 Å². The molecule has 0 aliphatic carbocycles. The van der Waals surface area contributed by atoms with Crippen LogP contribution in [0.15, 0.2) is 12.1 Å². The number of rotatable bonds is 6. The second kappa shape index (κ2) is 8.59. The van der Waals surface area contributed by atoms with Crippen molar-refractivity contribution in [1.29, 1.82) is 0 Å². The van der Waals surface area contributed by atoms with Crippen molar-refractivity contribution in [3.8, 4) is 5.75 Å². The van der Waals surface area contributed by atoms with Gasteiger partial charge in [0.05, 0.1) is 5.41 Å². The van der Waals surface area contributed by atoms with Gasteiger partial charge in [0.2, 0.25) is 0 Å². The van der Waals surface area contributed by atoms with Gasteiger partial charge in [-0.05, 0) is 35.4 Å². The second-order valence-corrected chi connectivity index (χ2v) is 8.81. The van der Waals surface area contributed by atoms with E-state index in [-0.39, 0.29) is 38.0 Å². The van der Waals surface area contributed by atoms with Crippen LogP contribution in [0.4, 0.5) is 0 Å². The van der Waals surface area contributed by atoms with Gasteiger partial charge in [0.15, 0.2) is 19.9 Å². The summed E-state index contributed by atoms with van der Waals surface area (Å²) in [5.41, 5.74) is 2.09. The number of aryl methyl sites for hydroxylation is 2. The van der Waals surface area contributed by atoms with Crippen LogP contribution in [0.3, 0.4) is 0 Å². The summed E-state index contributed by atoms with van der Waals surface area (Å²) in [7, 11) is 0. The zero-order valence-electron chi connectivity index (χ0n) is 17.3. The third-order valence-electron chi connectivity index (χ3n) is 4.63.